The molecule has 186 valence electrons. The molecule has 2 aromatic carbocycles. The van der Waals surface area contributed by atoms with E-state index in [1.807, 2.05) is 12.1 Å². The van der Waals surface area contributed by atoms with Crippen molar-refractivity contribution >= 4 is 22.7 Å². The number of para-hydroxylation sites is 2. The lowest BCUT2D eigenvalue weighted by Crippen LogP contribution is -2.47. The maximum atomic E-state index is 14.9. The van der Waals surface area contributed by atoms with Gasteiger partial charge in [0, 0.05) is 66.0 Å². The average molecular weight is 475 g/mol. The highest BCUT2D eigenvalue weighted by atomic mass is 19.1. The van der Waals surface area contributed by atoms with Gasteiger partial charge in [0.05, 0.1) is 18.0 Å². The van der Waals surface area contributed by atoms with Crippen molar-refractivity contribution in [2.75, 3.05) is 99.8 Å². The normalized spacial score (nSPS) is 17.8. The second-order valence-electron chi connectivity index (χ2n) is 8.76. The lowest BCUT2D eigenvalue weighted by atomic mass is 10.2. The van der Waals surface area contributed by atoms with Gasteiger partial charge < -0.3 is 19.4 Å². The molecular weight excluding hydrogens is 438 g/mol. The monoisotopic (exact) mass is 474 g/mol. The number of benzene rings is 2. The van der Waals surface area contributed by atoms with Crippen LogP contribution in [0.5, 0.6) is 0 Å². The van der Waals surface area contributed by atoms with Crippen molar-refractivity contribution in [3.63, 3.8) is 0 Å². The van der Waals surface area contributed by atoms with E-state index < -0.39 is 0 Å². The number of hydrazine groups is 1. The highest BCUT2D eigenvalue weighted by molar-refractivity contribution is 5.76. The number of hydrogen-bond donors (Lipinski definition) is 2. The van der Waals surface area contributed by atoms with Gasteiger partial charge in [-0.2, -0.15) is 0 Å². The first-order valence-electron chi connectivity index (χ1n) is 12.1. The van der Waals surface area contributed by atoms with Gasteiger partial charge in [-0.05, 0) is 30.8 Å². The molecule has 2 N–H and O–H groups in total. The standard InChI is InChI=1S/C25H36F2N6O/c1-3-30-10-14-32(15-11-30)22-8-4-6-20(26)24(22)28-29-25-21(27)7-5-9-23(25)33-16-12-31(13-17-33)18-19-34-2/h4-9,28-29H,3,10-19H2,1-2H3. The van der Waals surface area contributed by atoms with Gasteiger partial charge in [0.1, 0.15) is 23.0 Å². The molecule has 0 radical (unpaired) electrons. The molecule has 0 atom stereocenters. The lowest BCUT2D eigenvalue weighted by Gasteiger charge is -2.37. The summed E-state index contributed by atoms with van der Waals surface area (Å²) in [5.41, 5.74) is 8.23. The fourth-order valence-electron chi connectivity index (χ4n) is 4.66. The minimum Gasteiger partial charge on any atom is -0.383 e. The third-order valence-electron chi connectivity index (χ3n) is 6.78. The third kappa shape index (κ3) is 5.71. The van der Waals surface area contributed by atoms with Crippen LogP contribution in [0.1, 0.15) is 6.92 Å². The van der Waals surface area contributed by atoms with Crippen LogP contribution in [0.2, 0.25) is 0 Å². The van der Waals surface area contributed by atoms with E-state index >= 15 is 0 Å². The van der Waals surface area contributed by atoms with Crippen molar-refractivity contribution in [2.45, 2.75) is 6.92 Å². The molecule has 0 aliphatic carbocycles. The number of nitrogens with zero attached hydrogens (tertiary/aromatic N) is 4. The molecule has 2 heterocycles. The van der Waals surface area contributed by atoms with Gasteiger partial charge in [-0.3, -0.25) is 15.8 Å². The number of likely N-dealkylation sites (N-methyl/N-ethyl adjacent to an activating group) is 1. The highest BCUT2D eigenvalue weighted by Gasteiger charge is 2.23. The zero-order chi connectivity index (χ0) is 23.9. The van der Waals surface area contributed by atoms with Crippen molar-refractivity contribution in [1.82, 2.24) is 9.80 Å². The number of piperazine rings is 2. The summed E-state index contributed by atoms with van der Waals surface area (Å²) in [4.78, 5) is 9.07. The Kier molecular flexibility index (Phi) is 8.42. The van der Waals surface area contributed by atoms with Crippen LogP contribution in [-0.4, -0.2) is 89.0 Å². The van der Waals surface area contributed by atoms with E-state index in [0.717, 1.165) is 76.8 Å². The van der Waals surface area contributed by atoms with Crippen molar-refractivity contribution in [3.05, 3.63) is 48.0 Å². The van der Waals surface area contributed by atoms with Crippen LogP contribution in [0.15, 0.2) is 36.4 Å². The Hall–Kier alpha value is -2.62. The Balaban J connectivity index is 1.48. The lowest BCUT2D eigenvalue weighted by molar-refractivity contribution is 0.144. The summed E-state index contributed by atoms with van der Waals surface area (Å²) in [5.74, 6) is -0.742. The molecular formula is C25H36F2N6O. The highest BCUT2D eigenvalue weighted by Crippen LogP contribution is 2.33. The second-order valence-corrected chi connectivity index (χ2v) is 8.76. The number of halogens is 2. The predicted molar refractivity (Wildman–Crippen MR) is 135 cm³/mol. The Labute approximate surface area is 201 Å². The van der Waals surface area contributed by atoms with E-state index in [1.165, 1.54) is 12.1 Å². The first kappa shape index (κ1) is 24.5. The molecule has 0 saturated carbocycles. The zero-order valence-corrected chi connectivity index (χ0v) is 20.2. The smallest absolute Gasteiger partial charge is 0.150 e. The quantitative estimate of drug-likeness (QED) is 0.541. The first-order valence-corrected chi connectivity index (χ1v) is 12.1. The summed E-state index contributed by atoms with van der Waals surface area (Å²) in [6.45, 7) is 11.6. The minimum absolute atomic E-state index is 0.331. The minimum atomic E-state index is -0.374. The van der Waals surface area contributed by atoms with Gasteiger partial charge in [0.2, 0.25) is 0 Å². The van der Waals surface area contributed by atoms with Gasteiger partial charge >= 0.3 is 0 Å². The molecule has 0 spiro atoms. The van der Waals surface area contributed by atoms with Gasteiger partial charge in [-0.15, -0.1) is 0 Å². The van der Waals surface area contributed by atoms with Crippen LogP contribution in [-0.2, 0) is 4.74 Å². The maximum absolute atomic E-state index is 14.9. The molecule has 0 aromatic heterocycles. The summed E-state index contributed by atoms with van der Waals surface area (Å²) in [6.07, 6.45) is 0. The molecule has 34 heavy (non-hydrogen) atoms. The van der Waals surface area contributed by atoms with Crippen molar-refractivity contribution in [3.8, 4) is 0 Å². The van der Waals surface area contributed by atoms with E-state index in [4.69, 9.17) is 4.74 Å². The van der Waals surface area contributed by atoms with Crippen molar-refractivity contribution in [1.29, 1.82) is 0 Å². The van der Waals surface area contributed by atoms with E-state index in [9.17, 15) is 8.78 Å². The van der Waals surface area contributed by atoms with Gasteiger partial charge in [-0.25, -0.2) is 8.78 Å². The number of rotatable bonds is 9. The Bertz CT molecular complexity index is 930. The number of hydrogen-bond acceptors (Lipinski definition) is 7. The molecule has 9 heteroatoms. The van der Waals surface area contributed by atoms with E-state index in [1.54, 1.807) is 19.2 Å². The number of anilines is 4. The third-order valence-corrected chi connectivity index (χ3v) is 6.78. The van der Waals surface area contributed by atoms with Gasteiger partial charge in [-0.1, -0.05) is 19.1 Å². The largest absolute Gasteiger partial charge is 0.383 e. The van der Waals surface area contributed by atoms with E-state index in [2.05, 4.69) is 37.4 Å². The SMILES string of the molecule is CCN1CCN(c2cccc(F)c2NNc2c(F)cccc2N2CCN(CCOC)CC2)CC1. The molecule has 2 aromatic rings. The molecule has 0 bridgehead atoms. The zero-order valence-electron chi connectivity index (χ0n) is 20.2. The number of methoxy groups -OCH3 is 1. The van der Waals surface area contributed by atoms with Crippen LogP contribution in [0, 0.1) is 11.6 Å². The summed E-state index contributed by atoms with van der Waals surface area (Å²) in [7, 11) is 1.71. The van der Waals surface area contributed by atoms with Crippen LogP contribution in [0.3, 0.4) is 0 Å². The Morgan fingerprint density at radius 3 is 1.65 bits per heavy atom. The van der Waals surface area contributed by atoms with E-state index in [-0.39, 0.29) is 11.6 Å². The molecule has 2 fully saturated rings. The molecule has 2 saturated heterocycles. The van der Waals surface area contributed by atoms with Crippen molar-refractivity contribution in [2.24, 2.45) is 0 Å². The van der Waals surface area contributed by atoms with Crippen LogP contribution < -0.4 is 20.7 Å². The Morgan fingerprint density at radius 1 is 0.735 bits per heavy atom. The number of ether oxygens (including phenoxy) is 1. The molecule has 2 aliphatic rings. The van der Waals surface area contributed by atoms with E-state index in [0.29, 0.717) is 18.0 Å². The fourth-order valence-corrected chi connectivity index (χ4v) is 4.66. The van der Waals surface area contributed by atoms with Crippen molar-refractivity contribution < 1.29 is 13.5 Å². The average Bonchev–Trinajstić information content (AvgIpc) is 2.87. The van der Waals surface area contributed by atoms with Gasteiger partial charge in [0.25, 0.3) is 0 Å². The maximum Gasteiger partial charge on any atom is 0.150 e. The Morgan fingerprint density at radius 2 is 1.21 bits per heavy atom. The summed E-state index contributed by atoms with van der Waals surface area (Å²) in [5, 5.41) is 0. The summed E-state index contributed by atoms with van der Waals surface area (Å²) < 4.78 is 35.0. The second kappa shape index (κ2) is 11.7. The number of nitrogens with one attached hydrogen (secondary N) is 2. The predicted octanol–water partition coefficient (Wildman–Crippen LogP) is 3.31. The fraction of sp³-hybridized carbons (Fsp3) is 0.520. The van der Waals surface area contributed by atoms with Crippen LogP contribution in [0.25, 0.3) is 0 Å². The molecule has 2 aliphatic heterocycles. The summed E-state index contributed by atoms with van der Waals surface area (Å²) >= 11 is 0. The van der Waals surface area contributed by atoms with Gasteiger partial charge in [0.15, 0.2) is 0 Å². The molecule has 0 unspecified atom stereocenters. The molecule has 4 rings (SSSR count). The first-order chi connectivity index (χ1) is 16.6. The summed E-state index contributed by atoms with van der Waals surface area (Å²) in [6, 6.07) is 10.1. The molecule has 0 amide bonds. The van der Waals surface area contributed by atoms with Crippen LogP contribution in [0.4, 0.5) is 31.5 Å². The topological polar surface area (TPSA) is 46.2 Å². The molecule has 7 nitrogen and oxygen atoms in total. The van der Waals surface area contributed by atoms with Crippen LogP contribution >= 0.6 is 0 Å².